The number of unbranched alkanes of at least 4 members (excludes halogenated alkanes) is 4. The van der Waals surface area contributed by atoms with E-state index in [0.29, 0.717) is 18.1 Å². The lowest BCUT2D eigenvalue weighted by Gasteiger charge is -2.39. The van der Waals surface area contributed by atoms with E-state index in [1.54, 1.807) is 0 Å². The normalized spacial score (nSPS) is 24.0. The van der Waals surface area contributed by atoms with Gasteiger partial charge in [0, 0.05) is 12.1 Å². The van der Waals surface area contributed by atoms with Crippen LogP contribution in [0.3, 0.4) is 0 Å². The topological polar surface area (TPSA) is 52.3 Å². The molecule has 0 aliphatic heterocycles. The lowest BCUT2D eigenvalue weighted by Crippen LogP contribution is -2.42. The summed E-state index contributed by atoms with van der Waals surface area (Å²) in [6.45, 7) is 6.06. The highest BCUT2D eigenvalue weighted by atomic mass is 19.1. The molecule has 0 spiro atoms. The van der Waals surface area contributed by atoms with Crippen molar-refractivity contribution in [3.8, 4) is 5.75 Å². The van der Waals surface area contributed by atoms with Gasteiger partial charge in [-0.1, -0.05) is 58.3 Å². The van der Waals surface area contributed by atoms with Crippen molar-refractivity contribution in [3.05, 3.63) is 29.1 Å². The fraction of sp³-hybridized carbons (Fsp3) is 0.731. The van der Waals surface area contributed by atoms with Gasteiger partial charge in [-0.25, -0.2) is 4.39 Å². The van der Waals surface area contributed by atoms with Crippen LogP contribution in [0.2, 0.25) is 0 Å². The number of hydrogen-bond acceptors (Lipinski definition) is 3. The molecule has 1 fully saturated rings. The van der Waals surface area contributed by atoms with E-state index in [0.717, 1.165) is 49.7 Å². The number of hydrogen-bond donors (Lipinski definition) is 1. The Labute approximate surface area is 181 Å². The maximum absolute atomic E-state index is 15.0. The van der Waals surface area contributed by atoms with Gasteiger partial charge in [0.05, 0.1) is 5.41 Å². The molecule has 0 saturated heterocycles. The highest BCUT2D eigenvalue weighted by Gasteiger charge is 2.37. The van der Waals surface area contributed by atoms with E-state index in [9.17, 15) is 4.79 Å². The molecule has 4 heteroatoms. The number of esters is 1. The van der Waals surface area contributed by atoms with E-state index in [-0.39, 0.29) is 23.7 Å². The van der Waals surface area contributed by atoms with Gasteiger partial charge < -0.3 is 10.5 Å². The van der Waals surface area contributed by atoms with E-state index >= 15 is 4.39 Å². The zero-order valence-corrected chi connectivity index (χ0v) is 19.1. The molecule has 0 radical (unpaired) electrons. The van der Waals surface area contributed by atoms with Gasteiger partial charge in [-0.2, -0.15) is 0 Å². The van der Waals surface area contributed by atoms with Gasteiger partial charge in [0.2, 0.25) is 0 Å². The summed E-state index contributed by atoms with van der Waals surface area (Å²) in [5.74, 6) is 0.349. The first-order valence-corrected chi connectivity index (χ1v) is 12.1. The smallest absolute Gasteiger partial charge is 0.316 e. The van der Waals surface area contributed by atoms with E-state index in [1.807, 2.05) is 19.9 Å². The number of ether oxygens (including phenoxy) is 1. The molecule has 2 aliphatic carbocycles. The highest BCUT2D eigenvalue weighted by Crippen LogP contribution is 2.43. The lowest BCUT2D eigenvalue weighted by molar-refractivity contribution is -0.144. The molecular formula is C26H40FNO2. The van der Waals surface area contributed by atoms with Crippen molar-refractivity contribution in [2.45, 2.75) is 110 Å². The zero-order valence-electron chi connectivity index (χ0n) is 19.1. The van der Waals surface area contributed by atoms with Crippen LogP contribution in [0.5, 0.6) is 5.75 Å². The van der Waals surface area contributed by atoms with Gasteiger partial charge in [0.25, 0.3) is 0 Å². The predicted octanol–water partition coefficient (Wildman–Crippen LogP) is 6.67. The van der Waals surface area contributed by atoms with Crippen LogP contribution in [0, 0.1) is 17.2 Å². The first-order valence-electron chi connectivity index (χ1n) is 12.1. The molecule has 1 aromatic carbocycles. The summed E-state index contributed by atoms with van der Waals surface area (Å²) >= 11 is 0. The lowest BCUT2D eigenvalue weighted by atomic mass is 9.68. The Morgan fingerprint density at radius 3 is 2.63 bits per heavy atom. The Bertz CT molecular complexity index is 730. The van der Waals surface area contributed by atoms with Crippen molar-refractivity contribution in [3.63, 3.8) is 0 Å². The monoisotopic (exact) mass is 417 g/mol. The number of halogens is 1. The van der Waals surface area contributed by atoms with Crippen molar-refractivity contribution < 1.29 is 13.9 Å². The van der Waals surface area contributed by atoms with Crippen LogP contribution < -0.4 is 10.5 Å². The van der Waals surface area contributed by atoms with E-state index < -0.39 is 5.41 Å². The summed E-state index contributed by atoms with van der Waals surface area (Å²) in [5.41, 5.74) is 7.80. The second-order valence-corrected chi connectivity index (χ2v) is 10.2. The minimum Gasteiger partial charge on any atom is -0.426 e. The summed E-state index contributed by atoms with van der Waals surface area (Å²) in [6, 6.07) is 3.38. The van der Waals surface area contributed by atoms with Crippen LogP contribution in [0.1, 0.15) is 108 Å². The van der Waals surface area contributed by atoms with Crippen molar-refractivity contribution in [2.75, 3.05) is 0 Å². The molecule has 0 amide bonds. The molecule has 30 heavy (non-hydrogen) atoms. The fourth-order valence-corrected chi connectivity index (χ4v) is 5.28. The second-order valence-electron chi connectivity index (χ2n) is 10.2. The standard InChI is InChI=1S/C26H40FNO2/c1-4-5-6-7-11-14-26(2,3)25(29)30-19-16-21-20-13-10-8-9-12-18(24(20)28)15-22(21)23(27)17-19/h16-18,20,24H,4-15,28H2,1-3H3. The van der Waals surface area contributed by atoms with Gasteiger partial charge in [0.1, 0.15) is 11.6 Å². The fourth-order valence-electron chi connectivity index (χ4n) is 5.28. The van der Waals surface area contributed by atoms with Crippen LogP contribution in [0.25, 0.3) is 0 Å². The number of carbonyl (C=O) groups is 1. The number of carbonyl (C=O) groups excluding carboxylic acids is 1. The van der Waals surface area contributed by atoms with Gasteiger partial charge in [-0.05, 0) is 68.6 Å². The summed E-state index contributed by atoms with van der Waals surface area (Å²) in [5, 5.41) is 0. The van der Waals surface area contributed by atoms with Crippen molar-refractivity contribution in [1.29, 1.82) is 0 Å². The first kappa shape index (κ1) is 23.2. The van der Waals surface area contributed by atoms with Crippen molar-refractivity contribution in [2.24, 2.45) is 17.1 Å². The number of rotatable bonds is 8. The van der Waals surface area contributed by atoms with Gasteiger partial charge in [-0.3, -0.25) is 4.79 Å². The van der Waals surface area contributed by atoms with Crippen LogP contribution in [-0.2, 0) is 11.2 Å². The Kier molecular flexibility index (Phi) is 7.95. The first-order chi connectivity index (χ1) is 14.3. The summed E-state index contributed by atoms with van der Waals surface area (Å²) in [4.78, 5) is 12.8. The minimum atomic E-state index is -0.569. The van der Waals surface area contributed by atoms with Gasteiger partial charge in [-0.15, -0.1) is 0 Å². The third kappa shape index (κ3) is 5.43. The average Bonchev–Trinajstić information content (AvgIpc) is 2.69. The molecule has 3 unspecified atom stereocenters. The maximum Gasteiger partial charge on any atom is 0.316 e. The Morgan fingerprint density at radius 2 is 1.87 bits per heavy atom. The third-order valence-electron chi connectivity index (χ3n) is 7.34. The van der Waals surface area contributed by atoms with Crippen LogP contribution in [0.4, 0.5) is 4.39 Å². The molecule has 3 nitrogen and oxygen atoms in total. The second kappa shape index (κ2) is 10.3. The molecule has 3 rings (SSSR count). The van der Waals surface area contributed by atoms with Crippen molar-refractivity contribution in [1.82, 2.24) is 0 Å². The SMILES string of the molecule is CCCCCCCC(C)(C)C(=O)Oc1cc(F)c2c(c1)C1CCCCCC(C2)C1N. The van der Waals surface area contributed by atoms with E-state index in [4.69, 9.17) is 10.5 Å². The molecule has 1 aromatic rings. The Morgan fingerprint density at radius 1 is 1.13 bits per heavy atom. The largest absolute Gasteiger partial charge is 0.426 e. The van der Waals surface area contributed by atoms with Crippen LogP contribution in [0.15, 0.2) is 12.1 Å². The zero-order chi connectivity index (χ0) is 21.7. The average molecular weight is 418 g/mol. The van der Waals surface area contributed by atoms with Crippen LogP contribution in [-0.4, -0.2) is 12.0 Å². The van der Waals surface area contributed by atoms with E-state index in [1.165, 1.54) is 38.2 Å². The molecule has 2 bridgehead atoms. The maximum atomic E-state index is 15.0. The van der Waals surface area contributed by atoms with Crippen LogP contribution >= 0.6 is 0 Å². The Hall–Kier alpha value is -1.42. The molecule has 2 aliphatic rings. The molecule has 2 N–H and O–H groups in total. The highest BCUT2D eigenvalue weighted by molar-refractivity contribution is 5.78. The number of benzene rings is 1. The minimum absolute atomic E-state index is 0.0720. The predicted molar refractivity (Wildman–Crippen MR) is 120 cm³/mol. The van der Waals surface area contributed by atoms with Crippen molar-refractivity contribution >= 4 is 5.97 Å². The van der Waals surface area contributed by atoms with Gasteiger partial charge >= 0.3 is 5.97 Å². The van der Waals surface area contributed by atoms with Gasteiger partial charge in [0.15, 0.2) is 0 Å². The number of nitrogens with two attached hydrogens (primary N) is 1. The summed E-state index contributed by atoms with van der Waals surface area (Å²) in [7, 11) is 0. The molecule has 0 heterocycles. The molecular weight excluding hydrogens is 377 g/mol. The summed E-state index contributed by atoms with van der Waals surface area (Å²) in [6.07, 6.45) is 12.9. The number of fused-ring (bicyclic) bond motifs is 4. The molecule has 1 saturated carbocycles. The quantitative estimate of drug-likeness (QED) is 0.292. The molecule has 3 atom stereocenters. The third-order valence-corrected chi connectivity index (χ3v) is 7.34. The summed E-state index contributed by atoms with van der Waals surface area (Å²) < 4.78 is 20.7. The molecule has 0 aromatic heterocycles. The van der Waals surface area contributed by atoms with E-state index in [2.05, 4.69) is 6.92 Å². The Balaban J connectivity index is 1.72. The molecule has 168 valence electrons.